The highest BCUT2D eigenvalue weighted by atomic mass is 79.9. The van der Waals surface area contributed by atoms with Gasteiger partial charge in [-0.1, -0.05) is 28.4 Å². The molecule has 0 spiro atoms. The van der Waals surface area contributed by atoms with E-state index in [-0.39, 0.29) is 0 Å². The monoisotopic (exact) mass is 296 g/mol. The first kappa shape index (κ1) is 12.9. The number of nitrogens with zero attached hydrogens (tertiary/aromatic N) is 1. The summed E-state index contributed by atoms with van der Waals surface area (Å²) in [5, 5.41) is 3.24. The smallest absolute Gasteiger partial charge is 0.0420 e. The molecule has 1 aromatic rings. The summed E-state index contributed by atoms with van der Waals surface area (Å²) in [6.45, 7) is 2.12. The molecule has 2 nitrogen and oxygen atoms in total. The summed E-state index contributed by atoms with van der Waals surface area (Å²) in [5.74, 6) is 0.904. The number of rotatable bonds is 5. The van der Waals surface area contributed by atoms with Crippen molar-refractivity contribution >= 4 is 21.6 Å². The molecule has 0 heterocycles. The first-order chi connectivity index (χ1) is 8.20. The summed E-state index contributed by atoms with van der Waals surface area (Å²) in [4.78, 5) is 2.40. The van der Waals surface area contributed by atoms with E-state index in [1.165, 1.54) is 37.1 Å². The average Bonchev–Trinajstić information content (AvgIpc) is 2.26. The number of halogens is 1. The molecule has 0 saturated heterocycles. The third-order valence-corrected chi connectivity index (χ3v) is 4.08. The predicted molar refractivity (Wildman–Crippen MR) is 77.5 cm³/mol. The van der Waals surface area contributed by atoms with Gasteiger partial charge in [0.15, 0.2) is 0 Å². The Hall–Kier alpha value is -0.540. The molecule has 1 saturated carbocycles. The van der Waals surface area contributed by atoms with E-state index in [4.69, 9.17) is 0 Å². The predicted octanol–water partition coefficient (Wildman–Crippen LogP) is 3.40. The van der Waals surface area contributed by atoms with Crippen molar-refractivity contribution in [2.75, 3.05) is 25.5 Å². The van der Waals surface area contributed by atoms with E-state index in [1.807, 2.05) is 7.05 Å². The van der Waals surface area contributed by atoms with E-state index in [0.717, 1.165) is 16.9 Å². The standard InChI is InChI=1S/C14H21BrN2/c1-16-9-12-6-7-13(15)8-14(12)17(2)10-11-4-3-5-11/h6-8,11,16H,3-5,9-10H2,1-2H3. The van der Waals surface area contributed by atoms with Gasteiger partial charge in [0, 0.05) is 30.3 Å². The molecule has 0 aromatic heterocycles. The highest BCUT2D eigenvalue weighted by Gasteiger charge is 2.20. The molecule has 1 aliphatic rings. The Kier molecular flexibility index (Phi) is 4.46. The van der Waals surface area contributed by atoms with Crippen molar-refractivity contribution in [2.24, 2.45) is 5.92 Å². The Morgan fingerprint density at radius 3 is 2.76 bits per heavy atom. The van der Waals surface area contributed by atoms with Crippen LogP contribution in [-0.2, 0) is 6.54 Å². The molecule has 0 aliphatic heterocycles. The van der Waals surface area contributed by atoms with E-state index in [2.05, 4.69) is 51.4 Å². The first-order valence-electron chi connectivity index (χ1n) is 6.35. The minimum atomic E-state index is 0.904. The third kappa shape index (κ3) is 3.23. The number of anilines is 1. The summed E-state index contributed by atoms with van der Waals surface area (Å²) in [7, 11) is 4.21. The van der Waals surface area contributed by atoms with E-state index < -0.39 is 0 Å². The maximum Gasteiger partial charge on any atom is 0.0420 e. The van der Waals surface area contributed by atoms with Crippen molar-refractivity contribution in [1.29, 1.82) is 0 Å². The number of benzene rings is 1. The number of hydrogen-bond acceptors (Lipinski definition) is 2. The average molecular weight is 297 g/mol. The molecule has 0 amide bonds. The van der Waals surface area contributed by atoms with Crippen molar-refractivity contribution in [3.63, 3.8) is 0 Å². The van der Waals surface area contributed by atoms with Crippen LogP contribution < -0.4 is 10.2 Å². The second-order valence-electron chi connectivity index (χ2n) is 4.98. The van der Waals surface area contributed by atoms with E-state index in [1.54, 1.807) is 0 Å². The van der Waals surface area contributed by atoms with Gasteiger partial charge < -0.3 is 10.2 Å². The second kappa shape index (κ2) is 5.87. The fourth-order valence-electron chi connectivity index (χ4n) is 2.39. The minimum absolute atomic E-state index is 0.904. The SMILES string of the molecule is CNCc1ccc(Br)cc1N(C)CC1CCC1. The Morgan fingerprint density at radius 1 is 1.41 bits per heavy atom. The highest BCUT2D eigenvalue weighted by Crippen LogP contribution is 2.30. The molecule has 0 unspecified atom stereocenters. The highest BCUT2D eigenvalue weighted by molar-refractivity contribution is 9.10. The fraction of sp³-hybridized carbons (Fsp3) is 0.571. The topological polar surface area (TPSA) is 15.3 Å². The maximum atomic E-state index is 3.57. The Morgan fingerprint density at radius 2 is 2.18 bits per heavy atom. The quantitative estimate of drug-likeness (QED) is 0.896. The lowest BCUT2D eigenvalue weighted by atomic mass is 9.85. The molecule has 94 valence electrons. The van der Waals surface area contributed by atoms with Crippen molar-refractivity contribution in [1.82, 2.24) is 5.32 Å². The van der Waals surface area contributed by atoms with Crippen LogP contribution >= 0.6 is 15.9 Å². The maximum absolute atomic E-state index is 3.57. The summed E-state index contributed by atoms with van der Waals surface area (Å²) >= 11 is 3.57. The first-order valence-corrected chi connectivity index (χ1v) is 7.14. The van der Waals surface area contributed by atoms with Gasteiger partial charge in [-0.2, -0.15) is 0 Å². The van der Waals surface area contributed by atoms with Crippen LogP contribution in [0.4, 0.5) is 5.69 Å². The van der Waals surface area contributed by atoms with Crippen LogP contribution in [0.5, 0.6) is 0 Å². The van der Waals surface area contributed by atoms with Crippen molar-refractivity contribution in [2.45, 2.75) is 25.8 Å². The lowest BCUT2D eigenvalue weighted by Crippen LogP contribution is -2.30. The largest absolute Gasteiger partial charge is 0.374 e. The normalized spacial score (nSPS) is 15.7. The number of hydrogen-bond donors (Lipinski definition) is 1. The molecule has 1 N–H and O–H groups in total. The Bertz CT molecular complexity index is 374. The van der Waals surface area contributed by atoms with Gasteiger partial charge in [-0.15, -0.1) is 0 Å². The minimum Gasteiger partial charge on any atom is -0.374 e. The van der Waals surface area contributed by atoms with Gasteiger partial charge in [0.2, 0.25) is 0 Å². The third-order valence-electron chi connectivity index (χ3n) is 3.58. The summed E-state index contributed by atoms with van der Waals surface area (Å²) < 4.78 is 1.16. The second-order valence-corrected chi connectivity index (χ2v) is 5.90. The van der Waals surface area contributed by atoms with Crippen molar-refractivity contribution < 1.29 is 0 Å². The van der Waals surface area contributed by atoms with Gasteiger partial charge in [0.1, 0.15) is 0 Å². The van der Waals surface area contributed by atoms with Gasteiger partial charge >= 0.3 is 0 Å². The van der Waals surface area contributed by atoms with Crippen LogP contribution in [0, 0.1) is 5.92 Å². The summed E-state index contributed by atoms with van der Waals surface area (Å²) in [6.07, 6.45) is 4.22. The zero-order valence-corrected chi connectivity index (χ0v) is 12.3. The molecule has 0 atom stereocenters. The zero-order valence-electron chi connectivity index (χ0n) is 10.7. The summed E-state index contributed by atoms with van der Waals surface area (Å²) in [6, 6.07) is 6.55. The van der Waals surface area contributed by atoms with E-state index in [9.17, 15) is 0 Å². The number of nitrogens with one attached hydrogen (secondary N) is 1. The lowest BCUT2D eigenvalue weighted by molar-refractivity contribution is 0.321. The van der Waals surface area contributed by atoms with Crippen molar-refractivity contribution in [3.8, 4) is 0 Å². The van der Waals surface area contributed by atoms with Crippen LogP contribution in [0.3, 0.4) is 0 Å². The molecular formula is C14H21BrN2. The zero-order chi connectivity index (χ0) is 12.3. The Labute approximate surface area is 113 Å². The molecule has 17 heavy (non-hydrogen) atoms. The molecule has 1 fully saturated rings. The molecular weight excluding hydrogens is 276 g/mol. The van der Waals surface area contributed by atoms with Crippen LogP contribution in [0.15, 0.2) is 22.7 Å². The van der Waals surface area contributed by atoms with Gasteiger partial charge in [0.25, 0.3) is 0 Å². The molecule has 0 radical (unpaired) electrons. The molecule has 1 aliphatic carbocycles. The molecule has 0 bridgehead atoms. The Balaban J connectivity index is 2.12. The van der Waals surface area contributed by atoms with Gasteiger partial charge in [-0.25, -0.2) is 0 Å². The summed E-state index contributed by atoms with van der Waals surface area (Å²) in [5.41, 5.74) is 2.72. The van der Waals surface area contributed by atoms with Crippen LogP contribution in [-0.4, -0.2) is 20.6 Å². The fourth-order valence-corrected chi connectivity index (χ4v) is 2.74. The molecule has 1 aromatic carbocycles. The molecule has 3 heteroatoms. The van der Waals surface area contributed by atoms with Crippen LogP contribution in [0.2, 0.25) is 0 Å². The van der Waals surface area contributed by atoms with Crippen molar-refractivity contribution in [3.05, 3.63) is 28.2 Å². The van der Waals surface area contributed by atoms with E-state index in [0.29, 0.717) is 0 Å². The van der Waals surface area contributed by atoms with Gasteiger partial charge in [0.05, 0.1) is 0 Å². The van der Waals surface area contributed by atoms with Gasteiger partial charge in [-0.3, -0.25) is 0 Å². The van der Waals surface area contributed by atoms with Crippen LogP contribution in [0.25, 0.3) is 0 Å². The van der Waals surface area contributed by atoms with Gasteiger partial charge in [-0.05, 0) is 43.5 Å². The van der Waals surface area contributed by atoms with Crippen LogP contribution in [0.1, 0.15) is 24.8 Å². The van der Waals surface area contributed by atoms with E-state index >= 15 is 0 Å². The lowest BCUT2D eigenvalue weighted by Gasteiger charge is -2.32. The molecule has 2 rings (SSSR count).